The van der Waals surface area contributed by atoms with Crippen molar-refractivity contribution in [2.75, 3.05) is 6.54 Å². The third kappa shape index (κ3) is 4.47. The van der Waals surface area contributed by atoms with Crippen LogP contribution in [0.5, 0.6) is 0 Å². The van der Waals surface area contributed by atoms with Crippen LogP contribution in [0.1, 0.15) is 29.5 Å². The molecule has 1 heterocycles. The number of amides is 1. The molecule has 2 N–H and O–H groups in total. The normalized spacial score (nSPS) is 14.2. The second-order valence-electron chi connectivity index (χ2n) is 6.52. The topological polar surface area (TPSA) is 80.5 Å². The quantitative estimate of drug-likeness (QED) is 0.870. The summed E-state index contributed by atoms with van der Waals surface area (Å²) in [4.78, 5) is 14.3. The number of hydrogen-bond acceptors (Lipinski definition) is 3. The average Bonchev–Trinajstić information content (AvgIpc) is 2.61. The van der Waals surface area contributed by atoms with Crippen molar-refractivity contribution >= 4 is 15.9 Å². The summed E-state index contributed by atoms with van der Waals surface area (Å²) >= 11 is 0. The van der Waals surface area contributed by atoms with E-state index in [1.54, 1.807) is 29.2 Å². The van der Waals surface area contributed by atoms with Gasteiger partial charge >= 0.3 is 0 Å². The number of carbonyl (C=O) groups excluding carboxylic acids is 1. The van der Waals surface area contributed by atoms with Crippen molar-refractivity contribution in [1.82, 2.24) is 4.90 Å². The van der Waals surface area contributed by atoms with Crippen molar-refractivity contribution in [1.29, 1.82) is 0 Å². The summed E-state index contributed by atoms with van der Waals surface area (Å²) in [6.45, 7) is 1.02. The van der Waals surface area contributed by atoms with Crippen LogP contribution in [0.4, 0.5) is 4.39 Å². The SMILES string of the molecule is NS(=O)(=O)c1ccc2c(c1)CN(C(=O)CCCc1ccc(F)cc1)CC2. The van der Waals surface area contributed by atoms with Crippen LogP contribution in [0.3, 0.4) is 0 Å². The minimum absolute atomic E-state index is 0.0405. The molecule has 0 aliphatic carbocycles. The van der Waals surface area contributed by atoms with E-state index in [0.717, 1.165) is 16.7 Å². The van der Waals surface area contributed by atoms with Gasteiger partial charge in [0.25, 0.3) is 0 Å². The zero-order valence-corrected chi connectivity index (χ0v) is 15.1. The molecule has 1 aliphatic rings. The largest absolute Gasteiger partial charge is 0.338 e. The number of sulfonamides is 1. The van der Waals surface area contributed by atoms with Crippen LogP contribution in [-0.4, -0.2) is 25.8 Å². The molecule has 0 saturated carbocycles. The Balaban J connectivity index is 1.59. The van der Waals surface area contributed by atoms with Crippen LogP contribution in [0.15, 0.2) is 47.4 Å². The Bertz CT molecular complexity index is 911. The molecule has 26 heavy (non-hydrogen) atoms. The molecule has 0 atom stereocenters. The Hall–Kier alpha value is -2.25. The number of aryl methyl sites for hydroxylation is 1. The summed E-state index contributed by atoms with van der Waals surface area (Å²) in [5.74, 6) is -0.227. The summed E-state index contributed by atoms with van der Waals surface area (Å²) in [7, 11) is -3.75. The maximum atomic E-state index is 12.9. The predicted octanol–water partition coefficient (Wildman–Crippen LogP) is 2.38. The first-order valence-electron chi connectivity index (χ1n) is 8.50. The molecule has 2 aromatic carbocycles. The fourth-order valence-corrected chi connectivity index (χ4v) is 3.74. The van der Waals surface area contributed by atoms with Gasteiger partial charge in [-0.1, -0.05) is 18.2 Å². The zero-order chi connectivity index (χ0) is 18.7. The molecule has 7 heteroatoms. The lowest BCUT2D eigenvalue weighted by atomic mass is 9.99. The number of halogens is 1. The highest BCUT2D eigenvalue weighted by atomic mass is 32.2. The average molecular weight is 376 g/mol. The van der Waals surface area contributed by atoms with Gasteiger partial charge in [0.15, 0.2) is 0 Å². The second kappa shape index (κ2) is 7.55. The zero-order valence-electron chi connectivity index (χ0n) is 14.3. The standard InChI is InChI=1S/C19H21FN2O3S/c20-17-7-4-14(5-8-17)2-1-3-19(23)22-11-10-15-6-9-18(26(21,24)25)12-16(15)13-22/h4-9,12H,1-3,10-11,13H2,(H2,21,24,25). The molecule has 0 bridgehead atoms. The van der Waals surface area contributed by atoms with E-state index in [0.29, 0.717) is 38.8 Å². The van der Waals surface area contributed by atoms with Crippen molar-refractivity contribution < 1.29 is 17.6 Å². The number of nitrogens with two attached hydrogens (primary N) is 1. The van der Waals surface area contributed by atoms with Crippen molar-refractivity contribution in [2.45, 2.75) is 37.1 Å². The third-order valence-corrected chi connectivity index (χ3v) is 5.55. The molecule has 1 amide bonds. The van der Waals surface area contributed by atoms with Crippen molar-refractivity contribution in [3.05, 3.63) is 65.0 Å². The van der Waals surface area contributed by atoms with Crippen LogP contribution < -0.4 is 5.14 Å². The second-order valence-corrected chi connectivity index (χ2v) is 8.08. The lowest BCUT2D eigenvalue weighted by Crippen LogP contribution is -2.36. The van der Waals surface area contributed by atoms with E-state index in [1.165, 1.54) is 18.2 Å². The van der Waals surface area contributed by atoms with E-state index >= 15 is 0 Å². The number of rotatable bonds is 5. The molecule has 5 nitrogen and oxygen atoms in total. The molecule has 138 valence electrons. The highest BCUT2D eigenvalue weighted by Gasteiger charge is 2.22. The number of fused-ring (bicyclic) bond motifs is 1. The molecular formula is C19H21FN2O3S. The van der Waals surface area contributed by atoms with E-state index < -0.39 is 10.0 Å². The van der Waals surface area contributed by atoms with Gasteiger partial charge in [0.2, 0.25) is 15.9 Å². The first-order valence-corrected chi connectivity index (χ1v) is 10.0. The van der Waals surface area contributed by atoms with E-state index in [4.69, 9.17) is 5.14 Å². The Morgan fingerprint density at radius 2 is 1.85 bits per heavy atom. The van der Waals surface area contributed by atoms with Crippen molar-refractivity contribution in [3.63, 3.8) is 0 Å². The van der Waals surface area contributed by atoms with Gasteiger partial charge in [0.05, 0.1) is 4.90 Å². The molecule has 2 aromatic rings. The van der Waals surface area contributed by atoms with Crippen LogP contribution in [0.2, 0.25) is 0 Å². The van der Waals surface area contributed by atoms with Gasteiger partial charge in [-0.05, 0) is 60.2 Å². The number of carbonyl (C=O) groups is 1. The van der Waals surface area contributed by atoms with Crippen LogP contribution in [0, 0.1) is 5.82 Å². The highest BCUT2D eigenvalue weighted by Crippen LogP contribution is 2.23. The number of hydrogen-bond donors (Lipinski definition) is 1. The highest BCUT2D eigenvalue weighted by molar-refractivity contribution is 7.89. The van der Waals surface area contributed by atoms with Gasteiger partial charge in [-0.25, -0.2) is 17.9 Å². The lowest BCUT2D eigenvalue weighted by Gasteiger charge is -2.29. The fourth-order valence-electron chi connectivity index (χ4n) is 3.18. The maximum absolute atomic E-state index is 12.9. The van der Waals surface area contributed by atoms with Crippen molar-refractivity contribution in [3.8, 4) is 0 Å². The summed E-state index contributed by atoms with van der Waals surface area (Å²) in [5, 5.41) is 5.18. The molecule has 3 rings (SSSR count). The van der Waals surface area contributed by atoms with Gasteiger partial charge in [0.1, 0.15) is 5.82 Å². The van der Waals surface area contributed by atoms with Crippen LogP contribution in [0.25, 0.3) is 0 Å². The Kier molecular flexibility index (Phi) is 5.38. The summed E-state index contributed by atoms with van der Waals surface area (Å²) in [6.07, 6.45) is 2.50. The summed E-state index contributed by atoms with van der Waals surface area (Å²) in [5.41, 5.74) is 2.88. The van der Waals surface area contributed by atoms with Gasteiger partial charge in [-0.3, -0.25) is 4.79 Å². The predicted molar refractivity (Wildman–Crippen MR) is 96.3 cm³/mol. The minimum Gasteiger partial charge on any atom is -0.338 e. The Morgan fingerprint density at radius 1 is 1.12 bits per heavy atom. The molecule has 1 aliphatic heterocycles. The van der Waals surface area contributed by atoms with E-state index in [2.05, 4.69) is 0 Å². The smallest absolute Gasteiger partial charge is 0.238 e. The van der Waals surface area contributed by atoms with E-state index in [-0.39, 0.29) is 16.6 Å². The first-order chi connectivity index (χ1) is 12.3. The molecule has 0 fully saturated rings. The Labute approximate surface area is 152 Å². The van der Waals surface area contributed by atoms with E-state index in [1.807, 2.05) is 0 Å². The van der Waals surface area contributed by atoms with Crippen LogP contribution >= 0.6 is 0 Å². The molecule has 0 spiro atoms. The third-order valence-electron chi connectivity index (χ3n) is 4.64. The molecule has 0 aromatic heterocycles. The van der Waals surface area contributed by atoms with E-state index in [9.17, 15) is 17.6 Å². The monoisotopic (exact) mass is 376 g/mol. The number of benzene rings is 2. The number of primary sulfonamides is 1. The lowest BCUT2D eigenvalue weighted by molar-refractivity contribution is -0.132. The van der Waals surface area contributed by atoms with Crippen LogP contribution in [-0.2, 0) is 34.2 Å². The summed E-state index contributed by atoms with van der Waals surface area (Å²) in [6, 6.07) is 11.1. The molecule has 0 unspecified atom stereocenters. The maximum Gasteiger partial charge on any atom is 0.238 e. The van der Waals surface area contributed by atoms with Gasteiger partial charge in [0, 0.05) is 19.5 Å². The van der Waals surface area contributed by atoms with Gasteiger partial charge < -0.3 is 4.90 Å². The molecule has 0 radical (unpaired) electrons. The minimum atomic E-state index is -3.75. The molecule has 0 saturated heterocycles. The van der Waals surface area contributed by atoms with Crippen molar-refractivity contribution in [2.24, 2.45) is 5.14 Å². The first kappa shape index (κ1) is 18.5. The molecular weight excluding hydrogens is 355 g/mol. The van der Waals surface area contributed by atoms with Gasteiger partial charge in [-0.2, -0.15) is 0 Å². The van der Waals surface area contributed by atoms with Gasteiger partial charge in [-0.15, -0.1) is 0 Å². The Morgan fingerprint density at radius 3 is 2.54 bits per heavy atom. The summed E-state index contributed by atoms with van der Waals surface area (Å²) < 4.78 is 35.9. The fraction of sp³-hybridized carbons (Fsp3) is 0.316. The number of nitrogens with zero attached hydrogens (tertiary/aromatic N) is 1.